The average Bonchev–Trinajstić information content (AvgIpc) is 2.44. The van der Waals surface area contributed by atoms with E-state index < -0.39 is 5.60 Å². The number of carbonyl (C=O) groups is 1. The van der Waals surface area contributed by atoms with Crippen molar-refractivity contribution in [3.63, 3.8) is 0 Å². The van der Waals surface area contributed by atoms with E-state index in [9.17, 15) is 4.79 Å². The quantitative estimate of drug-likeness (QED) is 0.440. The van der Waals surface area contributed by atoms with Crippen molar-refractivity contribution in [1.82, 2.24) is 15.5 Å². The molecule has 1 fully saturated rings. The van der Waals surface area contributed by atoms with E-state index in [1.54, 1.807) is 0 Å². The van der Waals surface area contributed by atoms with Gasteiger partial charge in [0.15, 0.2) is 5.96 Å². The second-order valence-corrected chi connectivity index (χ2v) is 7.89. The zero-order chi connectivity index (χ0) is 18.2. The summed E-state index contributed by atoms with van der Waals surface area (Å²) in [6.45, 7) is 16.3. The van der Waals surface area contributed by atoms with Crippen LogP contribution in [0.2, 0.25) is 0 Å². The van der Waals surface area contributed by atoms with Gasteiger partial charge in [0.05, 0.1) is 0 Å². The van der Waals surface area contributed by atoms with Gasteiger partial charge in [0, 0.05) is 32.2 Å². The number of likely N-dealkylation sites (tertiary alicyclic amines) is 1. The van der Waals surface area contributed by atoms with Crippen LogP contribution in [0, 0.1) is 5.92 Å². The molecule has 6 heteroatoms. The number of rotatable bonds is 6. The molecule has 0 bridgehead atoms. The van der Waals surface area contributed by atoms with Crippen molar-refractivity contribution in [1.29, 1.82) is 0 Å². The van der Waals surface area contributed by atoms with E-state index in [2.05, 4.69) is 34.4 Å². The lowest BCUT2D eigenvalue weighted by Crippen LogP contribution is -2.49. The highest BCUT2D eigenvalue weighted by Crippen LogP contribution is 2.12. The van der Waals surface area contributed by atoms with Gasteiger partial charge in [0.25, 0.3) is 0 Å². The Morgan fingerprint density at radius 3 is 2.42 bits per heavy atom. The van der Waals surface area contributed by atoms with Gasteiger partial charge in [-0.3, -0.25) is 4.79 Å². The van der Waals surface area contributed by atoms with Gasteiger partial charge in [-0.05, 0) is 46.5 Å². The van der Waals surface area contributed by atoms with Gasteiger partial charge in [-0.15, -0.1) is 0 Å². The molecule has 140 valence electrons. The minimum atomic E-state index is -0.471. The van der Waals surface area contributed by atoms with Crippen LogP contribution in [0.5, 0.6) is 0 Å². The Kier molecular flexibility index (Phi) is 8.53. The lowest BCUT2D eigenvalue weighted by Gasteiger charge is -2.34. The minimum absolute atomic E-state index is 0.0405. The van der Waals surface area contributed by atoms with Crippen molar-refractivity contribution in [2.45, 2.75) is 66.0 Å². The van der Waals surface area contributed by atoms with E-state index in [0.717, 1.165) is 32.5 Å². The topological polar surface area (TPSA) is 66.0 Å². The summed E-state index contributed by atoms with van der Waals surface area (Å²) in [6, 6.07) is 0.407. The SMILES string of the molecule is CCNC(=NCC(=O)OC(C)(C)C)NC1CCN(CC(C)C)CC1. The summed E-state index contributed by atoms with van der Waals surface area (Å²) in [5.74, 6) is 1.11. The standard InChI is InChI=1S/C18H36N4O2/c1-7-19-17(20-12-16(23)24-18(4,5)6)21-15-8-10-22(11-9-15)13-14(2)3/h14-15H,7-13H2,1-6H3,(H2,19,20,21). The van der Waals surface area contributed by atoms with Gasteiger partial charge in [-0.1, -0.05) is 13.8 Å². The normalized spacial score (nSPS) is 17.9. The van der Waals surface area contributed by atoms with Crippen LogP contribution in [-0.4, -0.2) is 61.2 Å². The van der Waals surface area contributed by atoms with Crippen molar-refractivity contribution in [3.05, 3.63) is 0 Å². The summed E-state index contributed by atoms with van der Waals surface area (Å²) in [5, 5.41) is 6.66. The number of hydrogen-bond acceptors (Lipinski definition) is 4. The molecule has 0 saturated carbocycles. The predicted molar refractivity (Wildman–Crippen MR) is 99.3 cm³/mol. The largest absolute Gasteiger partial charge is 0.459 e. The van der Waals surface area contributed by atoms with Crippen LogP contribution in [0.4, 0.5) is 0 Å². The maximum Gasteiger partial charge on any atom is 0.328 e. The van der Waals surface area contributed by atoms with Crippen LogP contribution in [0.25, 0.3) is 0 Å². The van der Waals surface area contributed by atoms with Crippen LogP contribution in [0.15, 0.2) is 4.99 Å². The fourth-order valence-corrected chi connectivity index (χ4v) is 2.81. The monoisotopic (exact) mass is 340 g/mol. The van der Waals surface area contributed by atoms with Gasteiger partial charge in [0.2, 0.25) is 0 Å². The van der Waals surface area contributed by atoms with Crippen LogP contribution in [0.1, 0.15) is 54.4 Å². The Morgan fingerprint density at radius 2 is 1.92 bits per heavy atom. The zero-order valence-electron chi connectivity index (χ0n) is 16.3. The third-order valence-corrected chi connectivity index (χ3v) is 3.68. The second-order valence-electron chi connectivity index (χ2n) is 7.89. The molecule has 0 spiro atoms. The van der Waals surface area contributed by atoms with Crippen LogP contribution in [-0.2, 0) is 9.53 Å². The van der Waals surface area contributed by atoms with Crippen LogP contribution in [0.3, 0.4) is 0 Å². The van der Waals surface area contributed by atoms with Crippen LogP contribution < -0.4 is 10.6 Å². The summed E-state index contributed by atoms with van der Waals surface area (Å²) < 4.78 is 5.30. The molecule has 0 aromatic heterocycles. The summed E-state index contributed by atoms with van der Waals surface area (Å²) in [7, 11) is 0. The van der Waals surface area contributed by atoms with E-state index in [4.69, 9.17) is 4.74 Å². The lowest BCUT2D eigenvalue weighted by atomic mass is 10.0. The minimum Gasteiger partial charge on any atom is -0.459 e. The molecule has 1 saturated heterocycles. The maximum absolute atomic E-state index is 11.8. The molecule has 0 aromatic rings. The molecule has 2 N–H and O–H groups in total. The summed E-state index contributed by atoms with van der Waals surface area (Å²) in [5.41, 5.74) is -0.471. The van der Waals surface area contributed by atoms with E-state index in [-0.39, 0.29) is 12.5 Å². The molecule has 1 aliphatic heterocycles. The van der Waals surface area contributed by atoms with E-state index in [1.807, 2.05) is 27.7 Å². The Labute approximate surface area is 147 Å². The number of esters is 1. The van der Waals surface area contributed by atoms with Crippen molar-refractivity contribution in [2.24, 2.45) is 10.9 Å². The number of piperidine rings is 1. The summed E-state index contributed by atoms with van der Waals surface area (Å²) in [4.78, 5) is 18.7. The van der Waals surface area contributed by atoms with E-state index in [1.165, 1.54) is 6.54 Å². The fourth-order valence-electron chi connectivity index (χ4n) is 2.81. The van der Waals surface area contributed by atoms with Crippen molar-refractivity contribution in [3.8, 4) is 0 Å². The highest BCUT2D eigenvalue weighted by molar-refractivity contribution is 5.83. The first kappa shape index (κ1) is 20.7. The first-order chi connectivity index (χ1) is 11.2. The Morgan fingerprint density at radius 1 is 1.29 bits per heavy atom. The first-order valence-corrected chi connectivity index (χ1v) is 9.18. The molecule has 1 rings (SSSR count). The highest BCUT2D eigenvalue weighted by Gasteiger charge is 2.21. The predicted octanol–water partition coefficient (Wildman–Crippen LogP) is 2.00. The number of guanidine groups is 1. The number of hydrogen-bond donors (Lipinski definition) is 2. The number of aliphatic imine (C=N–C) groups is 1. The van der Waals surface area contributed by atoms with E-state index >= 15 is 0 Å². The van der Waals surface area contributed by atoms with Gasteiger partial charge in [-0.2, -0.15) is 0 Å². The smallest absolute Gasteiger partial charge is 0.328 e. The Bertz CT molecular complexity index is 408. The molecule has 0 amide bonds. The summed E-state index contributed by atoms with van der Waals surface area (Å²) >= 11 is 0. The number of nitrogens with one attached hydrogen (secondary N) is 2. The molecule has 0 unspecified atom stereocenters. The third kappa shape index (κ3) is 9.11. The van der Waals surface area contributed by atoms with E-state index in [0.29, 0.717) is 17.9 Å². The molecule has 1 heterocycles. The van der Waals surface area contributed by atoms with Gasteiger partial charge < -0.3 is 20.3 Å². The van der Waals surface area contributed by atoms with Crippen molar-refractivity contribution >= 4 is 11.9 Å². The molecule has 6 nitrogen and oxygen atoms in total. The molecule has 0 radical (unpaired) electrons. The third-order valence-electron chi connectivity index (χ3n) is 3.68. The Balaban J connectivity index is 2.46. The second kappa shape index (κ2) is 9.87. The van der Waals surface area contributed by atoms with Crippen molar-refractivity contribution in [2.75, 3.05) is 32.7 Å². The molecule has 1 aliphatic rings. The maximum atomic E-state index is 11.8. The number of nitrogens with zero attached hydrogens (tertiary/aromatic N) is 2. The van der Waals surface area contributed by atoms with Gasteiger partial charge in [0.1, 0.15) is 12.1 Å². The molecule has 0 aromatic carbocycles. The number of ether oxygens (including phenoxy) is 1. The Hall–Kier alpha value is -1.30. The average molecular weight is 341 g/mol. The zero-order valence-corrected chi connectivity index (χ0v) is 16.3. The van der Waals surface area contributed by atoms with Crippen LogP contribution >= 0.6 is 0 Å². The lowest BCUT2D eigenvalue weighted by molar-refractivity contribution is -0.152. The molecular formula is C18H36N4O2. The number of carbonyl (C=O) groups excluding carboxylic acids is 1. The van der Waals surface area contributed by atoms with Gasteiger partial charge in [-0.25, -0.2) is 4.99 Å². The molecule has 0 atom stereocenters. The first-order valence-electron chi connectivity index (χ1n) is 9.18. The highest BCUT2D eigenvalue weighted by atomic mass is 16.6. The molecule has 0 aliphatic carbocycles. The summed E-state index contributed by atoms with van der Waals surface area (Å²) in [6.07, 6.45) is 2.20. The molecule has 24 heavy (non-hydrogen) atoms. The fraction of sp³-hybridized carbons (Fsp3) is 0.889. The van der Waals surface area contributed by atoms with Crippen molar-refractivity contribution < 1.29 is 9.53 Å². The van der Waals surface area contributed by atoms with Gasteiger partial charge >= 0.3 is 5.97 Å². The molecular weight excluding hydrogens is 304 g/mol.